The Morgan fingerprint density at radius 2 is 2.04 bits per heavy atom. The Hall–Kier alpha value is -0.460. The van der Waals surface area contributed by atoms with Crippen molar-refractivity contribution in [2.75, 3.05) is 20.3 Å². The summed E-state index contributed by atoms with van der Waals surface area (Å²) in [5.74, 6) is -0.373. The molecule has 0 aromatic heterocycles. The van der Waals surface area contributed by atoms with Crippen LogP contribution in [0.4, 0.5) is 0 Å². The van der Waals surface area contributed by atoms with Crippen LogP contribution in [0.2, 0.25) is 0 Å². The summed E-state index contributed by atoms with van der Waals surface area (Å²) in [6.45, 7) is 1.14. The van der Waals surface area contributed by atoms with E-state index in [9.17, 15) is 25.2 Å². The number of carbonyl (C=O) groups excluding carboxylic acids is 1. The summed E-state index contributed by atoms with van der Waals surface area (Å²) >= 11 is 1.27. The quantitative estimate of drug-likeness (QED) is 0.366. The van der Waals surface area contributed by atoms with E-state index >= 15 is 0 Å². The summed E-state index contributed by atoms with van der Waals surface area (Å²) in [4.78, 5) is 11.4. The van der Waals surface area contributed by atoms with Crippen molar-refractivity contribution in [3.8, 4) is 0 Å². The number of hydrogen-bond donors (Lipinski definition) is 5. The summed E-state index contributed by atoms with van der Waals surface area (Å²) in [5, 5.41) is 41.9. The van der Waals surface area contributed by atoms with Gasteiger partial charge in [-0.3, -0.25) is 4.79 Å². The number of aliphatic hydroxyl groups excluding tert-OH is 4. The molecule has 0 saturated carbocycles. The maximum absolute atomic E-state index is 11.4. The normalized spacial score (nSPS) is 43.4. The van der Waals surface area contributed by atoms with E-state index in [1.807, 2.05) is 0 Å². The number of amides is 1. The molecule has 0 spiro atoms. The lowest BCUT2D eigenvalue weighted by atomic mass is 9.98. The smallest absolute Gasteiger partial charge is 0.217 e. The minimum Gasteiger partial charge on any atom is -0.394 e. The van der Waals surface area contributed by atoms with Gasteiger partial charge in [0.1, 0.15) is 29.9 Å². The second-order valence-corrected chi connectivity index (χ2v) is 7.34. The van der Waals surface area contributed by atoms with Gasteiger partial charge in [-0.1, -0.05) is 0 Å². The molecular weight excluding hydrogens is 342 g/mol. The van der Waals surface area contributed by atoms with Crippen LogP contribution in [0, 0.1) is 0 Å². The van der Waals surface area contributed by atoms with Gasteiger partial charge < -0.3 is 40.0 Å². The van der Waals surface area contributed by atoms with Gasteiger partial charge in [-0.2, -0.15) is 0 Å². The van der Waals surface area contributed by atoms with Crippen LogP contribution in [0.1, 0.15) is 13.3 Å². The standard InChI is InChI=1S/C14H25NO8S/c1-6(17)15-10-12(20)11(19)9(4-16)23-14(10)24-7-3-8(18)13(21-2)22-5-7/h7-14,16,18-20H,3-5H2,1-2H3,(H,15,17)/t7?,8-,9-,10-,11-,12-,13+,14-/m1/s1. The maximum atomic E-state index is 11.4. The van der Waals surface area contributed by atoms with Gasteiger partial charge in [0.2, 0.25) is 5.91 Å². The summed E-state index contributed by atoms with van der Waals surface area (Å²) in [6, 6.07) is -0.845. The van der Waals surface area contributed by atoms with Crippen LogP contribution < -0.4 is 5.32 Å². The van der Waals surface area contributed by atoms with Crippen LogP contribution in [-0.4, -0.2) is 94.1 Å². The third-order valence-electron chi connectivity index (χ3n) is 4.07. The van der Waals surface area contributed by atoms with Gasteiger partial charge >= 0.3 is 0 Å². The summed E-state index contributed by atoms with van der Waals surface area (Å²) in [7, 11) is 1.45. The number of hydrogen-bond acceptors (Lipinski definition) is 9. The van der Waals surface area contributed by atoms with Gasteiger partial charge in [-0.25, -0.2) is 0 Å². The predicted octanol–water partition coefficient (Wildman–Crippen LogP) is -2.21. The van der Waals surface area contributed by atoms with Crippen LogP contribution in [0.25, 0.3) is 0 Å². The first-order chi connectivity index (χ1) is 11.4. The lowest BCUT2D eigenvalue weighted by Gasteiger charge is -2.44. The van der Waals surface area contributed by atoms with Crippen molar-refractivity contribution in [3.63, 3.8) is 0 Å². The molecule has 2 aliphatic rings. The number of carbonyl (C=O) groups is 1. The van der Waals surface area contributed by atoms with E-state index in [2.05, 4.69) is 5.32 Å². The van der Waals surface area contributed by atoms with Crippen molar-refractivity contribution >= 4 is 17.7 Å². The first kappa shape index (κ1) is 19.9. The molecule has 2 rings (SSSR count). The van der Waals surface area contributed by atoms with Crippen LogP contribution in [0.3, 0.4) is 0 Å². The van der Waals surface area contributed by atoms with Crippen molar-refractivity contribution in [3.05, 3.63) is 0 Å². The minimum atomic E-state index is -1.31. The van der Waals surface area contributed by atoms with Gasteiger partial charge in [0.25, 0.3) is 0 Å². The van der Waals surface area contributed by atoms with E-state index in [0.29, 0.717) is 13.0 Å². The molecule has 5 N–H and O–H groups in total. The number of nitrogens with one attached hydrogen (secondary N) is 1. The first-order valence-corrected chi connectivity index (χ1v) is 8.69. The van der Waals surface area contributed by atoms with Crippen LogP contribution >= 0.6 is 11.8 Å². The highest BCUT2D eigenvalue weighted by molar-refractivity contribution is 8.00. The monoisotopic (exact) mass is 367 g/mol. The average Bonchev–Trinajstić information content (AvgIpc) is 2.54. The Morgan fingerprint density at radius 1 is 1.33 bits per heavy atom. The minimum absolute atomic E-state index is 0.158. The van der Waals surface area contributed by atoms with Crippen molar-refractivity contribution in [1.82, 2.24) is 5.32 Å². The number of rotatable bonds is 5. The van der Waals surface area contributed by atoms with E-state index in [0.717, 1.165) is 0 Å². The van der Waals surface area contributed by atoms with Crippen molar-refractivity contribution in [1.29, 1.82) is 0 Å². The molecule has 1 unspecified atom stereocenters. The van der Waals surface area contributed by atoms with Gasteiger partial charge in [0.05, 0.1) is 19.3 Å². The highest BCUT2D eigenvalue weighted by Gasteiger charge is 2.46. The summed E-state index contributed by atoms with van der Waals surface area (Å²) in [5.41, 5.74) is -0.704. The van der Waals surface area contributed by atoms with E-state index < -0.39 is 48.8 Å². The molecule has 0 aromatic rings. The Kier molecular flexibility index (Phi) is 7.25. The molecule has 8 atom stereocenters. The van der Waals surface area contributed by atoms with Crippen molar-refractivity contribution in [2.45, 2.75) is 60.8 Å². The van der Waals surface area contributed by atoms with Gasteiger partial charge in [0.15, 0.2) is 6.29 Å². The Balaban J connectivity index is 2.05. The molecule has 24 heavy (non-hydrogen) atoms. The first-order valence-electron chi connectivity index (χ1n) is 7.74. The molecule has 0 aromatic carbocycles. The van der Waals surface area contributed by atoms with Crippen LogP contribution in [-0.2, 0) is 19.0 Å². The second-order valence-electron chi connectivity index (χ2n) is 5.93. The third-order valence-corrected chi connectivity index (χ3v) is 5.46. The lowest BCUT2D eigenvalue weighted by molar-refractivity contribution is -0.200. The van der Waals surface area contributed by atoms with Gasteiger partial charge in [-0.15, -0.1) is 11.8 Å². The summed E-state index contributed by atoms with van der Waals surface area (Å²) < 4.78 is 16.1. The lowest BCUT2D eigenvalue weighted by Crippen LogP contribution is -2.63. The molecule has 9 nitrogen and oxygen atoms in total. The fourth-order valence-corrected chi connectivity index (χ4v) is 4.31. The SMILES string of the molecule is CO[C@H]1OCC(S[C@H]2O[C@H](CO)[C@@H](O)[C@H](O)[C@H]2NC(C)=O)C[C@H]1O. The third kappa shape index (κ3) is 4.58. The van der Waals surface area contributed by atoms with Gasteiger partial charge in [0, 0.05) is 19.3 Å². The van der Waals surface area contributed by atoms with E-state index in [4.69, 9.17) is 14.2 Å². The Bertz CT molecular complexity index is 428. The van der Waals surface area contributed by atoms with Crippen molar-refractivity contribution < 1.29 is 39.4 Å². The van der Waals surface area contributed by atoms with Gasteiger partial charge in [-0.05, 0) is 6.42 Å². The molecule has 1 amide bonds. The summed E-state index contributed by atoms with van der Waals surface area (Å²) in [6.07, 6.45) is -4.64. The Morgan fingerprint density at radius 3 is 2.58 bits per heavy atom. The number of thioether (sulfide) groups is 1. The molecule has 2 heterocycles. The molecule has 0 radical (unpaired) electrons. The maximum Gasteiger partial charge on any atom is 0.217 e. The largest absolute Gasteiger partial charge is 0.394 e. The fraction of sp³-hybridized carbons (Fsp3) is 0.929. The number of aliphatic hydroxyl groups is 4. The van der Waals surface area contributed by atoms with E-state index in [1.54, 1.807) is 0 Å². The van der Waals surface area contributed by atoms with E-state index in [-0.39, 0.29) is 11.2 Å². The predicted molar refractivity (Wildman–Crippen MR) is 84.1 cm³/mol. The molecule has 2 fully saturated rings. The van der Waals surface area contributed by atoms with Crippen molar-refractivity contribution in [2.24, 2.45) is 0 Å². The van der Waals surface area contributed by atoms with Crippen LogP contribution in [0.15, 0.2) is 0 Å². The average molecular weight is 367 g/mol. The molecule has 140 valence electrons. The highest BCUT2D eigenvalue weighted by Crippen LogP contribution is 2.34. The molecular formula is C14H25NO8S. The fourth-order valence-electron chi connectivity index (χ4n) is 2.86. The molecule has 10 heteroatoms. The number of methoxy groups -OCH3 is 1. The molecule has 2 aliphatic heterocycles. The molecule has 2 saturated heterocycles. The molecule has 0 bridgehead atoms. The van der Waals surface area contributed by atoms with Crippen LogP contribution in [0.5, 0.6) is 0 Å². The number of ether oxygens (including phenoxy) is 3. The zero-order valence-corrected chi connectivity index (χ0v) is 14.4. The Labute approximate surface area is 144 Å². The zero-order valence-electron chi connectivity index (χ0n) is 13.6. The highest BCUT2D eigenvalue weighted by atomic mass is 32.2. The topological polar surface area (TPSA) is 138 Å². The van der Waals surface area contributed by atoms with E-state index in [1.165, 1.54) is 25.8 Å². The molecule has 0 aliphatic carbocycles. The second kappa shape index (κ2) is 8.77. The zero-order chi connectivity index (χ0) is 17.9.